The minimum atomic E-state index is -1.10. The number of esters is 1. The van der Waals surface area contributed by atoms with Gasteiger partial charge in [-0.15, -0.1) is 5.76 Å². The molecule has 5 atom stereocenters. The number of aliphatic hydroxyl groups is 2. The molecule has 5 aliphatic rings. The minimum Gasteiger partial charge on any atom is -0.875 e. The van der Waals surface area contributed by atoms with E-state index >= 15 is 0 Å². The quantitative estimate of drug-likeness (QED) is 0.0402. The van der Waals surface area contributed by atoms with Gasteiger partial charge >= 0.3 is 26.4 Å². The summed E-state index contributed by atoms with van der Waals surface area (Å²) in [7, 11) is 1.30. The van der Waals surface area contributed by atoms with E-state index < -0.39 is 30.5 Å². The largest absolute Gasteiger partial charge is 2.00 e. The van der Waals surface area contributed by atoms with Crippen LogP contribution in [0.1, 0.15) is 80.1 Å². The summed E-state index contributed by atoms with van der Waals surface area (Å²) in [5, 5.41) is 56.4. The number of nitrogens with zero attached hydrogens (tertiary/aromatic N) is 5. The molecule has 0 spiro atoms. The molecule has 1 amide bonds. The van der Waals surface area contributed by atoms with Crippen molar-refractivity contribution in [2.45, 2.75) is 86.2 Å². The van der Waals surface area contributed by atoms with Gasteiger partial charge in [0.2, 0.25) is 5.91 Å². The van der Waals surface area contributed by atoms with Crippen molar-refractivity contribution in [1.29, 1.82) is 0 Å². The van der Waals surface area contributed by atoms with Crippen molar-refractivity contribution < 1.29 is 55.2 Å². The number of carbonyl (C=O) groups is 2. The molecule has 1 unspecified atom stereocenters. The SMILES string of the molecule is CC[C@H]1C2=CC3=NC(=C(CC(=O)OC)C4=NC(=CC5=C(C)/C(=C(/C)[O-])C(=N5)C=C(N2)[C@@H]1C)[C@@H](C)[C@@H]4CCC(=O)NCC(O)CO)C(C([O-])=NCCCCNc1ccccn1)=C3C.[Pd+2]. The third-order valence-electron chi connectivity index (χ3n) is 12.2. The molecule has 16 heteroatoms. The van der Waals surface area contributed by atoms with E-state index in [4.69, 9.17) is 19.7 Å². The molecule has 6 heterocycles. The van der Waals surface area contributed by atoms with E-state index in [1.54, 1.807) is 6.20 Å². The van der Waals surface area contributed by atoms with Crippen LogP contribution in [0, 0.1) is 23.7 Å². The van der Waals surface area contributed by atoms with E-state index in [0.29, 0.717) is 63.8 Å². The van der Waals surface area contributed by atoms with Crippen LogP contribution < -0.4 is 26.2 Å². The fourth-order valence-corrected chi connectivity index (χ4v) is 8.62. The topological polar surface area (TPSA) is 228 Å². The summed E-state index contributed by atoms with van der Waals surface area (Å²) in [6.07, 6.45) is 8.63. The second-order valence-electron chi connectivity index (χ2n) is 16.3. The number of aliphatic hydroxyl groups excluding tert-OH is 2. The number of amides is 1. The molecule has 1 fully saturated rings. The molecular formula is C47H58N8O7Pd. The van der Waals surface area contributed by atoms with Crippen LogP contribution in [-0.4, -0.2) is 89.6 Å². The number of unbranched alkanes of at least 4 members (excludes halogenated alkanes) is 1. The third-order valence-corrected chi connectivity index (χ3v) is 12.2. The van der Waals surface area contributed by atoms with Crippen molar-refractivity contribution in [1.82, 2.24) is 15.6 Å². The van der Waals surface area contributed by atoms with Crippen LogP contribution >= 0.6 is 0 Å². The number of pyridine rings is 1. The number of fused-ring (bicyclic) bond motifs is 5. The van der Waals surface area contributed by atoms with E-state index in [1.165, 1.54) is 14.0 Å². The predicted molar refractivity (Wildman–Crippen MR) is 237 cm³/mol. The molecule has 0 aromatic carbocycles. The van der Waals surface area contributed by atoms with Gasteiger partial charge in [0.05, 0.1) is 54.8 Å². The number of nitrogens with one attached hydrogen (secondary N) is 3. The molecule has 5 N–H and O–H groups in total. The summed E-state index contributed by atoms with van der Waals surface area (Å²) in [5.41, 5.74) is 7.34. The monoisotopic (exact) mass is 952 g/mol. The van der Waals surface area contributed by atoms with Crippen LogP contribution in [0.4, 0.5) is 5.82 Å². The van der Waals surface area contributed by atoms with Crippen molar-refractivity contribution in [2.24, 2.45) is 43.6 Å². The number of ether oxygens (including phenoxy) is 1. The summed E-state index contributed by atoms with van der Waals surface area (Å²) < 4.78 is 5.23. The van der Waals surface area contributed by atoms with E-state index in [9.17, 15) is 30.0 Å². The fourth-order valence-electron chi connectivity index (χ4n) is 8.62. The van der Waals surface area contributed by atoms with Gasteiger partial charge in [-0.3, -0.25) is 14.6 Å². The Hall–Kier alpha value is -5.27. The number of methoxy groups -OCH3 is 1. The van der Waals surface area contributed by atoms with Crippen molar-refractivity contribution in [2.75, 3.05) is 38.7 Å². The molecule has 8 bridgehead atoms. The summed E-state index contributed by atoms with van der Waals surface area (Å²) in [6, 6.07) is 5.65. The van der Waals surface area contributed by atoms with Crippen LogP contribution in [0.2, 0.25) is 0 Å². The Bertz CT molecular complexity index is 2300. The van der Waals surface area contributed by atoms with Crippen molar-refractivity contribution >= 4 is 40.7 Å². The molecule has 63 heavy (non-hydrogen) atoms. The first-order valence-corrected chi connectivity index (χ1v) is 21.5. The Kier molecular flexibility index (Phi) is 16.9. The van der Waals surface area contributed by atoms with Gasteiger partial charge in [-0.05, 0) is 92.5 Å². The van der Waals surface area contributed by atoms with E-state index in [1.807, 2.05) is 57.2 Å². The molecule has 0 radical (unpaired) electrons. The normalized spacial score (nSPS) is 23.2. The van der Waals surface area contributed by atoms with Gasteiger partial charge in [-0.1, -0.05) is 33.8 Å². The summed E-state index contributed by atoms with van der Waals surface area (Å²) in [6.45, 7) is 11.8. The minimum absolute atomic E-state index is 0. The van der Waals surface area contributed by atoms with Crippen LogP contribution in [-0.2, 0) is 34.7 Å². The number of hydrogen-bond donors (Lipinski definition) is 5. The van der Waals surface area contributed by atoms with Crippen LogP contribution in [0.5, 0.6) is 0 Å². The molecular weight excluding hydrogens is 895 g/mol. The Morgan fingerprint density at radius 3 is 2.44 bits per heavy atom. The van der Waals surface area contributed by atoms with Gasteiger partial charge in [0, 0.05) is 84.2 Å². The second kappa shape index (κ2) is 21.9. The van der Waals surface area contributed by atoms with Crippen molar-refractivity contribution in [3.8, 4) is 0 Å². The molecule has 15 nitrogen and oxygen atoms in total. The smallest absolute Gasteiger partial charge is 0.875 e. The Morgan fingerprint density at radius 2 is 1.76 bits per heavy atom. The summed E-state index contributed by atoms with van der Waals surface area (Å²) in [4.78, 5) is 50.7. The maximum Gasteiger partial charge on any atom is 2.00 e. The Morgan fingerprint density at radius 1 is 1.00 bits per heavy atom. The number of aliphatic imine (C=N–C) groups is 4. The Labute approximate surface area is 383 Å². The van der Waals surface area contributed by atoms with Crippen LogP contribution in [0.3, 0.4) is 0 Å². The van der Waals surface area contributed by atoms with E-state index in [2.05, 4.69) is 39.8 Å². The molecule has 0 saturated carbocycles. The molecule has 0 aliphatic carbocycles. The maximum absolute atomic E-state index is 14.4. The average molecular weight is 953 g/mol. The number of rotatable bonds is 16. The number of carbonyl (C=O) groups excluding carboxylic acids is 2. The van der Waals surface area contributed by atoms with Crippen molar-refractivity contribution in [3.63, 3.8) is 0 Å². The first-order chi connectivity index (χ1) is 29.8. The van der Waals surface area contributed by atoms with Crippen LogP contribution in [0.25, 0.3) is 0 Å². The zero-order chi connectivity index (χ0) is 44.7. The number of hydrogen-bond acceptors (Lipinski definition) is 14. The maximum atomic E-state index is 14.4. The molecule has 1 aromatic heterocycles. The summed E-state index contributed by atoms with van der Waals surface area (Å²) >= 11 is 0. The van der Waals surface area contributed by atoms with E-state index in [-0.39, 0.29) is 93.5 Å². The molecule has 1 saturated heterocycles. The van der Waals surface area contributed by atoms with Crippen LogP contribution in [0.15, 0.2) is 125 Å². The predicted octanol–water partition coefficient (Wildman–Crippen LogP) is 3.87. The van der Waals surface area contributed by atoms with Gasteiger partial charge in [-0.25, -0.2) is 15.0 Å². The number of anilines is 1. The standard InChI is InChI=1S/C47H60N8O7.Pd/c1-8-31-25(2)34-22-39-43(29(6)57)27(4)36(53-39)20-35-26(3)32(14-15-41(59)51-23-30(58)24-56)45(54-35)33(19-42(60)62-7)46-44(28(5)37(55-46)21-38(31)52-34)47(61)50-18-12-11-17-49-40-13-9-10-16-48-40;/h9-10,13,16,20-22,25-26,30-32,52,56-58H,8,11-12,14-15,17-19,23-24H2,1-7H3,(H,48,49)(H,50,61)(H,51,59);/q;+2/p-2/b34-22?,35-20?,38-21?,43-29+,46-33?;/t25-,26+,30?,31-,32+;/m1./s1. The van der Waals surface area contributed by atoms with Gasteiger partial charge in [0.15, 0.2) is 0 Å². The molecule has 5 aliphatic heterocycles. The van der Waals surface area contributed by atoms with Gasteiger partial charge in [-0.2, -0.15) is 0 Å². The molecule has 338 valence electrons. The average Bonchev–Trinajstić information content (AvgIpc) is 3.95. The number of allylic oxidation sites excluding steroid dienone is 10. The summed E-state index contributed by atoms with van der Waals surface area (Å²) in [5.74, 6) is -1.35. The molecule has 6 rings (SSSR count). The third kappa shape index (κ3) is 11.1. The van der Waals surface area contributed by atoms with Gasteiger partial charge in [0.1, 0.15) is 5.82 Å². The van der Waals surface area contributed by atoms with Gasteiger partial charge < -0.3 is 46.1 Å². The Balaban J connectivity index is 0.00000748. The first-order valence-electron chi connectivity index (χ1n) is 21.5. The second-order valence-corrected chi connectivity index (χ2v) is 16.3. The fraction of sp³-hybridized carbons (Fsp3) is 0.468. The van der Waals surface area contributed by atoms with E-state index in [0.717, 1.165) is 30.1 Å². The zero-order valence-electron chi connectivity index (χ0n) is 37.0. The zero-order valence-corrected chi connectivity index (χ0v) is 38.5. The first kappa shape index (κ1) is 48.8. The van der Waals surface area contributed by atoms with Gasteiger partial charge in [0.25, 0.3) is 0 Å². The number of aromatic nitrogens is 1. The van der Waals surface area contributed by atoms with Crippen molar-refractivity contribution in [3.05, 3.63) is 105 Å². The molecule has 1 aromatic rings.